The number of hydrogen-bond donors (Lipinski definition) is 1. The van der Waals surface area contributed by atoms with Crippen LogP contribution in [0.25, 0.3) is 0 Å². The minimum Gasteiger partial charge on any atom is -0.497 e. The van der Waals surface area contributed by atoms with E-state index >= 15 is 0 Å². The SMILES string of the molecule is CCC(=O)OCC(=O)N(C)CC(=O)Nc1cccc(OC)c1. The van der Waals surface area contributed by atoms with E-state index in [1.807, 2.05) is 0 Å². The lowest BCUT2D eigenvalue weighted by molar-refractivity contribution is -0.151. The highest BCUT2D eigenvalue weighted by molar-refractivity contribution is 5.94. The van der Waals surface area contributed by atoms with Gasteiger partial charge in [0.1, 0.15) is 5.75 Å². The third kappa shape index (κ3) is 5.82. The van der Waals surface area contributed by atoms with Crippen LogP contribution in [0.5, 0.6) is 5.75 Å². The second kappa shape index (κ2) is 8.66. The summed E-state index contributed by atoms with van der Waals surface area (Å²) in [4.78, 5) is 35.7. The van der Waals surface area contributed by atoms with Crippen LogP contribution in [0.3, 0.4) is 0 Å². The molecule has 0 atom stereocenters. The summed E-state index contributed by atoms with van der Waals surface area (Å²) in [6.07, 6.45) is 0.202. The van der Waals surface area contributed by atoms with Crippen molar-refractivity contribution in [2.75, 3.05) is 32.6 Å². The maximum Gasteiger partial charge on any atom is 0.306 e. The molecule has 2 amide bonds. The van der Waals surface area contributed by atoms with Gasteiger partial charge < -0.3 is 19.7 Å². The summed E-state index contributed by atoms with van der Waals surface area (Å²) in [7, 11) is 3.00. The topological polar surface area (TPSA) is 84.9 Å². The second-order valence-electron chi connectivity index (χ2n) is 4.54. The molecule has 1 aromatic rings. The molecule has 7 nitrogen and oxygen atoms in total. The molecule has 0 fully saturated rings. The van der Waals surface area contributed by atoms with Gasteiger partial charge in [-0.2, -0.15) is 0 Å². The number of nitrogens with one attached hydrogen (secondary N) is 1. The number of nitrogens with zero attached hydrogens (tertiary/aromatic N) is 1. The summed E-state index contributed by atoms with van der Waals surface area (Å²) in [5.41, 5.74) is 0.572. The molecule has 0 radical (unpaired) electrons. The van der Waals surface area contributed by atoms with Crippen molar-refractivity contribution in [2.45, 2.75) is 13.3 Å². The van der Waals surface area contributed by atoms with Crippen LogP contribution >= 0.6 is 0 Å². The minimum absolute atomic E-state index is 0.139. The van der Waals surface area contributed by atoms with Gasteiger partial charge in [-0.15, -0.1) is 0 Å². The number of likely N-dealkylation sites (N-methyl/N-ethyl adjacent to an activating group) is 1. The molecule has 0 saturated carbocycles. The molecule has 0 spiro atoms. The molecule has 1 N–H and O–H groups in total. The lowest BCUT2D eigenvalue weighted by Gasteiger charge is -2.16. The van der Waals surface area contributed by atoms with Crippen LogP contribution in [0.1, 0.15) is 13.3 Å². The monoisotopic (exact) mass is 308 g/mol. The van der Waals surface area contributed by atoms with E-state index in [9.17, 15) is 14.4 Å². The number of esters is 1. The molecular formula is C15H20N2O5. The number of ether oxygens (including phenoxy) is 2. The smallest absolute Gasteiger partial charge is 0.306 e. The highest BCUT2D eigenvalue weighted by Gasteiger charge is 2.14. The highest BCUT2D eigenvalue weighted by atomic mass is 16.5. The Hall–Kier alpha value is -2.57. The van der Waals surface area contributed by atoms with Crippen LogP contribution in [0.2, 0.25) is 0 Å². The third-order valence-corrected chi connectivity index (χ3v) is 2.81. The van der Waals surface area contributed by atoms with Crippen LogP contribution in [0, 0.1) is 0 Å². The van der Waals surface area contributed by atoms with Crippen molar-refractivity contribution in [3.8, 4) is 5.75 Å². The van der Waals surface area contributed by atoms with Gasteiger partial charge in [0.15, 0.2) is 6.61 Å². The van der Waals surface area contributed by atoms with Crippen molar-refractivity contribution in [3.05, 3.63) is 24.3 Å². The van der Waals surface area contributed by atoms with Crippen molar-refractivity contribution < 1.29 is 23.9 Å². The molecule has 0 aliphatic carbocycles. The van der Waals surface area contributed by atoms with Gasteiger partial charge in [-0.3, -0.25) is 14.4 Å². The van der Waals surface area contributed by atoms with Crippen molar-refractivity contribution in [2.24, 2.45) is 0 Å². The van der Waals surface area contributed by atoms with E-state index in [4.69, 9.17) is 9.47 Å². The molecule has 120 valence electrons. The van der Waals surface area contributed by atoms with Gasteiger partial charge >= 0.3 is 5.97 Å². The van der Waals surface area contributed by atoms with Crippen molar-refractivity contribution in [1.29, 1.82) is 0 Å². The number of anilines is 1. The largest absolute Gasteiger partial charge is 0.497 e. The number of methoxy groups -OCH3 is 1. The van der Waals surface area contributed by atoms with Crippen molar-refractivity contribution in [3.63, 3.8) is 0 Å². The van der Waals surface area contributed by atoms with Crippen LogP contribution < -0.4 is 10.1 Å². The first kappa shape index (κ1) is 17.5. The first-order chi connectivity index (χ1) is 10.5. The van der Waals surface area contributed by atoms with Gasteiger partial charge in [-0.25, -0.2) is 0 Å². The molecular weight excluding hydrogens is 288 g/mol. The first-order valence-corrected chi connectivity index (χ1v) is 6.79. The Morgan fingerprint density at radius 1 is 1.27 bits per heavy atom. The molecule has 0 heterocycles. The fourth-order valence-corrected chi connectivity index (χ4v) is 1.56. The molecule has 0 saturated heterocycles. The lowest BCUT2D eigenvalue weighted by atomic mass is 10.3. The van der Waals surface area contributed by atoms with Crippen molar-refractivity contribution in [1.82, 2.24) is 4.90 Å². The zero-order valence-corrected chi connectivity index (χ0v) is 12.9. The molecule has 22 heavy (non-hydrogen) atoms. The Morgan fingerprint density at radius 2 is 2.00 bits per heavy atom. The van der Waals surface area contributed by atoms with Crippen LogP contribution in [0.4, 0.5) is 5.69 Å². The molecule has 1 aromatic carbocycles. The Bertz CT molecular complexity index is 544. The Morgan fingerprint density at radius 3 is 2.64 bits per heavy atom. The van der Waals surface area contributed by atoms with Gasteiger partial charge in [-0.1, -0.05) is 13.0 Å². The van der Waals surface area contributed by atoms with Gasteiger partial charge in [0.25, 0.3) is 5.91 Å². The lowest BCUT2D eigenvalue weighted by Crippen LogP contribution is -2.37. The molecule has 0 unspecified atom stereocenters. The minimum atomic E-state index is -0.456. The number of hydrogen-bond acceptors (Lipinski definition) is 5. The molecule has 0 aromatic heterocycles. The van der Waals surface area contributed by atoms with E-state index in [0.717, 1.165) is 0 Å². The number of amides is 2. The van der Waals surface area contributed by atoms with Gasteiger partial charge in [0.2, 0.25) is 5.91 Å². The van der Waals surface area contributed by atoms with E-state index in [0.29, 0.717) is 11.4 Å². The summed E-state index contributed by atoms with van der Waals surface area (Å²) in [6, 6.07) is 6.88. The zero-order valence-electron chi connectivity index (χ0n) is 12.9. The number of benzene rings is 1. The summed E-state index contributed by atoms with van der Waals surface area (Å²) in [5.74, 6) is -0.634. The van der Waals surface area contributed by atoms with E-state index in [1.54, 1.807) is 31.2 Å². The maximum atomic E-state index is 11.9. The van der Waals surface area contributed by atoms with E-state index in [1.165, 1.54) is 19.1 Å². The quantitative estimate of drug-likeness (QED) is 0.761. The van der Waals surface area contributed by atoms with Crippen molar-refractivity contribution >= 4 is 23.5 Å². The van der Waals surface area contributed by atoms with Crippen LogP contribution in [-0.2, 0) is 19.1 Å². The first-order valence-electron chi connectivity index (χ1n) is 6.79. The summed E-state index contributed by atoms with van der Waals surface area (Å²) in [6.45, 7) is 1.13. The summed E-state index contributed by atoms with van der Waals surface area (Å²) < 4.78 is 9.78. The zero-order chi connectivity index (χ0) is 16.5. The fourth-order valence-electron chi connectivity index (χ4n) is 1.56. The van der Waals surface area contributed by atoms with Gasteiger partial charge in [0.05, 0.1) is 13.7 Å². The molecule has 0 aliphatic rings. The second-order valence-corrected chi connectivity index (χ2v) is 4.54. The average Bonchev–Trinajstić information content (AvgIpc) is 2.51. The van der Waals surface area contributed by atoms with E-state index in [2.05, 4.69) is 5.32 Å². The Balaban J connectivity index is 2.46. The number of carbonyl (C=O) groups is 3. The third-order valence-electron chi connectivity index (χ3n) is 2.81. The van der Waals surface area contributed by atoms with Crippen LogP contribution in [0.15, 0.2) is 24.3 Å². The Kier molecular flexibility index (Phi) is 6.88. The normalized spacial score (nSPS) is 9.77. The predicted molar refractivity (Wildman–Crippen MR) is 80.5 cm³/mol. The fraction of sp³-hybridized carbons (Fsp3) is 0.400. The maximum absolute atomic E-state index is 11.9. The van der Waals surface area contributed by atoms with Gasteiger partial charge in [0, 0.05) is 25.2 Å². The molecule has 7 heteroatoms. The van der Waals surface area contributed by atoms with Gasteiger partial charge in [-0.05, 0) is 12.1 Å². The average molecular weight is 308 g/mol. The molecule has 1 rings (SSSR count). The number of rotatable bonds is 7. The predicted octanol–water partition coefficient (Wildman–Crippen LogP) is 1.05. The van der Waals surface area contributed by atoms with E-state index in [-0.39, 0.29) is 25.5 Å². The van der Waals surface area contributed by atoms with E-state index < -0.39 is 11.9 Å². The summed E-state index contributed by atoms with van der Waals surface area (Å²) in [5, 5.41) is 2.66. The standard InChI is InChI=1S/C15H20N2O5/c1-4-15(20)22-10-14(19)17(2)9-13(18)16-11-6-5-7-12(8-11)21-3/h5-8H,4,9-10H2,1-3H3,(H,16,18). The molecule has 0 aliphatic heterocycles. The number of carbonyl (C=O) groups excluding carboxylic acids is 3. The highest BCUT2D eigenvalue weighted by Crippen LogP contribution is 2.16. The Labute approximate surface area is 129 Å². The van der Waals surface area contributed by atoms with Crippen LogP contribution in [-0.4, -0.2) is 50.0 Å². The molecule has 0 bridgehead atoms. The summed E-state index contributed by atoms with van der Waals surface area (Å²) >= 11 is 0.